The van der Waals surface area contributed by atoms with E-state index in [1.165, 1.54) is 31.8 Å². The van der Waals surface area contributed by atoms with Crippen molar-refractivity contribution in [3.8, 4) is 0 Å². The molecule has 0 aromatic heterocycles. The first-order chi connectivity index (χ1) is 21.7. The Hall–Kier alpha value is -3.86. The second-order valence-corrected chi connectivity index (χ2v) is 18.5. The standard InChI is InChI=1S/C41H40OP2/c42-35(31-33-43(36-19-7-1-8-20-36,37-21-9-2-10-22-37)38-23-11-3-12-24-38)32-34-44(39-25-13-4-14-26-39,40-27-15-5-16-28-40)41-29-17-6-18-30-41/h1-30,35,42H,31-34H2/q+2. The van der Waals surface area contributed by atoms with Crippen LogP contribution in [0.5, 0.6) is 0 Å². The van der Waals surface area contributed by atoms with Crippen LogP contribution in [0.3, 0.4) is 0 Å². The van der Waals surface area contributed by atoms with Gasteiger partial charge < -0.3 is 5.11 Å². The zero-order valence-corrected chi connectivity index (χ0v) is 26.9. The number of rotatable bonds is 12. The van der Waals surface area contributed by atoms with Gasteiger partial charge >= 0.3 is 0 Å². The van der Waals surface area contributed by atoms with Crippen molar-refractivity contribution in [3.63, 3.8) is 0 Å². The average molecular weight is 611 g/mol. The van der Waals surface area contributed by atoms with Gasteiger partial charge in [-0.15, -0.1) is 0 Å². The van der Waals surface area contributed by atoms with Gasteiger partial charge in [0.2, 0.25) is 0 Å². The first-order valence-corrected chi connectivity index (χ1v) is 19.5. The third-order valence-electron chi connectivity index (χ3n) is 8.78. The summed E-state index contributed by atoms with van der Waals surface area (Å²) in [5.74, 6) is 0. The molecule has 0 aliphatic carbocycles. The minimum atomic E-state index is -2.00. The zero-order chi connectivity index (χ0) is 30.1. The van der Waals surface area contributed by atoms with Crippen LogP contribution in [0.4, 0.5) is 0 Å². The summed E-state index contributed by atoms with van der Waals surface area (Å²) in [7, 11) is -3.99. The minimum Gasteiger partial charge on any atom is -0.393 e. The predicted molar refractivity (Wildman–Crippen MR) is 195 cm³/mol. The molecule has 0 fully saturated rings. The van der Waals surface area contributed by atoms with Gasteiger partial charge in [-0.2, -0.15) is 0 Å². The fourth-order valence-electron chi connectivity index (χ4n) is 6.59. The van der Waals surface area contributed by atoms with Gasteiger partial charge in [0, 0.05) is 12.8 Å². The van der Waals surface area contributed by atoms with Crippen molar-refractivity contribution in [1.82, 2.24) is 0 Å². The van der Waals surface area contributed by atoms with Gasteiger partial charge in [0.25, 0.3) is 0 Å². The van der Waals surface area contributed by atoms with Crippen LogP contribution in [0, 0.1) is 0 Å². The fraction of sp³-hybridized carbons (Fsp3) is 0.122. The smallest absolute Gasteiger partial charge is 0.112 e. The first-order valence-electron chi connectivity index (χ1n) is 15.5. The second-order valence-electron chi connectivity index (χ2n) is 11.3. The normalized spacial score (nSPS) is 11.9. The molecule has 0 bridgehead atoms. The quantitative estimate of drug-likeness (QED) is 0.146. The zero-order valence-electron chi connectivity index (χ0n) is 25.1. The molecule has 0 atom stereocenters. The van der Waals surface area contributed by atoms with Crippen LogP contribution in [0.1, 0.15) is 12.8 Å². The maximum atomic E-state index is 11.9. The maximum absolute atomic E-state index is 11.9. The number of benzene rings is 6. The molecule has 0 heterocycles. The summed E-state index contributed by atoms with van der Waals surface area (Å²) in [6.45, 7) is 0. The van der Waals surface area contributed by atoms with Gasteiger partial charge in [-0.3, -0.25) is 0 Å². The van der Waals surface area contributed by atoms with E-state index in [0.717, 1.165) is 25.2 Å². The molecule has 6 aromatic carbocycles. The third-order valence-corrected chi connectivity index (χ3v) is 17.7. The van der Waals surface area contributed by atoms with Crippen molar-refractivity contribution in [2.45, 2.75) is 18.9 Å². The second kappa shape index (κ2) is 14.3. The summed E-state index contributed by atoms with van der Waals surface area (Å²) in [5, 5.41) is 20.1. The van der Waals surface area contributed by atoms with Crippen LogP contribution in [-0.4, -0.2) is 23.5 Å². The summed E-state index contributed by atoms with van der Waals surface area (Å²) in [6, 6.07) is 66.0. The number of hydrogen-bond donors (Lipinski definition) is 1. The highest BCUT2D eigenvalue weighted by Crippen LogP contribution is 2.58. The molecular weight excluding hydrogens is 570 g/mol. The molecule has 1 N–H and O–H groups in total. The lowest BCUT2D eigenvalue weighted by Gasteiger charge is -2.30. The molecule has 0 saturated heterocycles. The SMILES string of the molecule is OC(CC[P+](c1ccccc1)(c1ccccc1)c1ccccc1)CC[P+](c1ccccc1)(c1ccccc1)c1ccccc1. The molecule has 6 aromatic rings. The molecule has 0 spiro atoms. The number of aliphatic hydroxyl groups excluding tert-OH is 1. The molecule has 44 heavy (non-hydrogen) atoms. The van der Waals surface area contributed by atoms with Crippen molar-refractivity contribution < 1.29 is 5.11 Å². The maximum Gasteiger partial charge on any atom is 0.112 e. The van der Waals surface area contributed by atoms with Crippen LogP contribution in [0.2, 0.25) is 0 Å². The Labute approximate surface area is 264 Å². The summed E-state index contributed by atoms with van der Waals surface area (Å²) >= 11 is 0. The summed E-state index contributed by atoms with van der Waals surface area (Å²) in [5.41, 5.74) is 0. The first kappa shape index (κ1) is 30.2. The third kappa shape index (κ3) is 6.20. The summed E-state index contributed by atoms with van der Waals surface area (Å²) in [6.07, 6.45) is 2.90. The highest BCUT2D eigenvalue weighted by Gasteiger charge is 2.47. The van der Waals surface area contributed by atoms with E-state index in [0.29, 0.717) is 0 Å². The van der Waals surface area contributed by atoms with Crippen LogP contribution in [0.25, 0.3) is 0 Å². The molecular formula is C41H40OP2+2. The predicted octanol–water partition coefficient (Wildman–Crippen LogP) is 7.12. The highest BCUT2D eigenvalue weighted by atomic mass is 31.2. The lowest BCUT2D eigenvalue weighted by molar-refractivity contribution is 0.168. The van der Waals surface area contributed by atoms with Crippen molar-refractivity contribution in [3.05, 3.63) is 182 Å². The molecule has 0 amide bonds. The van der Waals surface area contributed by atoms with E-state index in [-0.39, 0.29) is 0 Å². The Morgan fingerprint density at radius 2 is 0.500 bits per heavy atom. The van der Waals surface area contributed by atoms with Crippen LogP contribution < -0.4 is 31.8 Å². The molecule has 6 rings (SSSR count). The van der Waals surface area contributed by atoms with Crippen LogP contribution >= 0.6 is 14.5 Å². The Morgan fingerprint density at radius 3 is 0.682 bits per heavy atom. The summed E-state index contributed by atoms with van der Waals surface area (Å²) in [4.78, 5) is 0. The largest absolute Gasteiger partial charge is 0.393 e. The molecule has 218 valence electrons. The number of aliphatic hydroxyl groups is 1. The molecule has 3 heteroatoms. The van der Waals surface area contributed by atoms with Crippen LogP contribution in [-0.2, 0) is 0 Å². The molecule has 0 radical (unpaired) electrons. The lowest BCUT2D eigenvalue weighted by Crippen LogP contribution is -2.36. The Balaban J connectivity index is 1.36. The van der Waals surface area contributed by atoms with Gasteiger partial charge in [0.15, 0.2) is 0 Å². The van der Waals surface area contributed by atoms with E-state index in [9.17, 15) is 5.11 Å². The molecule has 1 nitrogen and oxygen atoms in total. The van der Waals surface area contributed by atoms with Crippen molar-refractivity contribution >= 4 is 46.4 Å². The van der Waals surface area contributed by atoms with Crippen molar-refractivity contribution in [2.75, 3.05) is 12.3 Å². The number of hydrogen-bond acceptors (Lipinski definition) is 1. The molecule has 0 unspecified atom stereocenters. The van der Waals surface area contributed by atoms with Gasteiger partial charge in [0.1, 0.15) is 46.4 Å². The highest BCUT2D eigenvalue weighted by molar-refractivity contribution is 7.96. The van der Waals surface area contributed by atoms with E-state index in [4.69, 9.17) is 0 Å². The molecule has 0 aliphatic heterocycles. The topological polar surface area (TPSA) is 20.2 Å². The van der Waals surface area contributed by atoms with Gasteiger partial charge in [0.05, 0.1) is 18.4 Å². The van der Waals surface area contributed by atoms with Crippen molar-refractivity contribution in [2.24, 2.45) is 0 Å². The van der Waals surface area contributed by atoms with E-state index in [2.05, 4.69) is 182 Å². The molecule has 0 aliphatic rings. The van der Waals surface area contributed by atoms with Crippen LogP contribution in [0.15, 0.2) is 182 Å². The Bertz CT molecular complexity index is 1370. The van der Waals surface area contributed by atoms with Gasteiger partial charge in [-0.1, -0.05) is 109 Å². The van der Waals surface area contributed by atoms with E-state index in [1.807, 2.05) is 0 Å². The van der Waals surface area contributed by atoms with E-state index >= 15 is 0 Å². The van der Waals surface area contributed by atoms with E-state index in [1.54, 1.807) is 0 Å². The Morgan fingerprint density at radius 1 is 0.318 bits per heavy atom. The van der Waals surface area contributed by atoms with Gasteiger partial charge in [-0.05, 0) is 72.8 Å². The average Bonchev–Trinajstić information content (AvgIpc) is 3.12. The van der Waals surface area contributed by atoms with E-state index < -0.39 is 20.6 Å². The minimum absolute atomic E-state index is 0.416. The molecule has 0 saturated carbocycles. The monoisotopic (exact) mass is 610 g/mol. The van der Waals surface area contributed by atoms with Gasteiger partial charge in [-0.25, -0.2) is 0 Å². The van der Waals surface area contributed by atoms with Crippen molar-refractivity contribution in [1.29, 1.82) is 0 Å². The Kier molecular flexibility index (Phi) is 9.80. The lowest BCUT2D eigenvalue weighted by atomic mass is 10.2. The fourth-order valence-corrected chi connectivity index (χ4v) is 15.4. The summed E-state index contributed by atoms with van der Waals surface area (Å²) < 4.78 is 0.